The van der Waals surface area contributed by atoms with E-state index in [-0.39, 0.29) is 0 Å². The molecular formula is C10H23NS. The van der Waals surface area contributed by atoms with Crippen molar-refractivity contribution in [1.82, 2.24) is 5.32 Å². The minimum absolute atomic E-state index is 0.692. The molecule has 1 atom stereocenters. The summed E-state index contributed by atoms with van der Waals surface area (Å²) in [4.78, 5) is 0. The van der Waals surface area contributed by atoms with Crippen LogP contribution in [0.1, 0.15) is 34.1 Å². The maximum absolute atomic E-state index is 3.37. The third-order valence-corrected chi connectivity index (χ3v) is 3.06. The summed E-state index contributed by atoms with van der Waals surface area (Å²) < 4.78 is 0. The van der Waals surface area contributed by atoms with Crippen LogP contribution < -0.4 is 5.32 Å². The van der Waals surface area contributed by atoms with Gasteiger partial charge in [0.2, 0.25) is 0 Å². The van der Waals surface area contributed by atoms with Crippen LogP contribution in [0.4, 0.5) is 0 Å². The third-order valence-electron chi connectivity index (χ3n) is 1.79. The second kappa shape index (κ2) is 6.79. The fraction of sp³-hybridized carbons (Fsp3) is 1.00. The standard InChI is InChI=1S/C10H23NS/c1-8(2)6-10(11-5)7-12-9(3)4/h8-11H,6-7H2,1-5H3. The normalized spacial score (nSPS) is 14.2. The molecule has 0 saturated heterocycles. The smallest absolute Gasteiger partial charge is 0.0157 e. The van der Waals surface area contributed by atoms with Gasteiger partial charge in [0.15, 0.2) is 0 Å². The van der Waals surface area contributed by atoms with E-state index in [2.05, 4.69) is 40.1 Å². The zero-order chi connectivity index (χ0) is 9.56. The Balaban J connectivity index is 3.53. The monoisotopic (exact) mass is 189 g/mol. The minimum atomic E-state index is 0.692. The molecule has 0 aromatic carbocycles. The molecule has 0 amide bonds. The second-order valence-corrected chi connectivity index (χ2v) is 5.61. The van der Waals surface area contributed by atoms with Crippen molar-refractivity contribution in [2.45, 2.75) is 45.4 Å². The van der Waals surface area contributed by atoms with Crippen molar-refractivity contribution >= 4 is 11.8 Å². The molecule has 0 fully saturated rings. The van der Waals surface area contributed by atoms with Crippen molar-refractivity contribution < 1.29 is 0 Å². The van der Waals surface area contributed by atoms with E-state index in [1.807, 2.05) is 11.8 Å². The molecule has 1 unspecified atom stereocenters. The molecule has 0 aliphatic carbocycles. The second-order valence-electron chi connectivity index (χ2n) is 4.00. The zero-order valence-corrected chi connectivity index (χ0v) is 9.87. The predicted molar refractivity (Wildman–Crippen MR) is 59.9 cm³/mol. The molecular weight excluding hydrogens is 166 g/mol. The summed E-state index contributed by atoms with van der Waals surface area (Å²) in [7, 11) is 2.06. The highest BCUT2D eigenvalue weighted by molar-refractivity contribution is 7.99. The van der Waals surface area contributed by atoms with Crippen molar-refractivity contribution in [3.63, 3.8) is 0 Å². The van der Waals surface area contributed by atoms with Crippen molar-refractivity contribution in [2.24, 2.45) is 5.92 Å². The van der Waals surface area contributed by atoms with Gasteiger partial charge in [0.1, 0.15) is 0 Å². The number of rotatable bonds is 6. The molecule has 1 N–H and O–H groups in total. The Morgan fingerprint density at radius 3 is 2.08 bits per heavy atom. The Kier molecular flexibility index (Phi) is 6.96. The lowest BCUT2D eigenvalue weighted by molar-refractivity contribution is 0.474. The van der Waals surface area contributed by atoms with Crippen molar-refractivity contribution in [3.05, 3.63) is 0 Å². The van der Waals surface area contributed by atoms with E-state index in [1.165, 1.54) is 12.2 Å². The average Bonchev–Trinajstić information content (AvgIpc) is 1.97. The van der Waals surface area contributed by atoms with E-state index < -0.39 is 0 Å². The van der Waals surface area contributed by atoms with Crippen LogP contribution in [0.5, 0.6) is 0 Å². The van der Waals surface area contributed by atoms with Gasteiger partial charge in [0, 0.05) is 11.8 Å². The largest absolute Gasteiger partial charge is 0.316 e. The molecule has 0 heterocycles. The first kappa shape index (κ1) is 12.3. The lowest BCUT2D eigenvalue weighted by atomic mass is 10.1. The molecule has 1 nitrogen and oxygen atoms in total. The van der Waals surface area contributed by atoms with E-state index in [0.29, 0.717) is 6.04 Å². The minimum Gasteiger partial charge on any atom is -0.316 e. The molecule has 0 radical (unpaired) electrons. The highest BCUT2D eigenvalue weighted by Crippen LogP contribution is 2.14. The summed E-state index contributed by atoms with van der Waals surface area (Å²) in [5.74, 6) is 2.04. The maximum Gasteiger partial charge on any atom is 0.0157 e. The van der Waals surface area contributed by atoms with Gasteiger partial charge in [-0.15, -0.1) is 0 Å². The summed E-state index contributed by atoms with van der Waals surface area (Å²) in [6.45, 7) is 9.08. The molecule has 0 aromatic heterocycles. The molecule has 2 heteroatoms. The first-order chi connectivity index (χ1) is 5.56. The van der Waals surface area contributed by atoms with E-state index in [1.54, 1.807) is 0 Å². The van der Waals surface area contributed by atoms with Gasteiger partial charge in [-0.3, -0.25) is 0 Å². The van der Waals surface area contributed by atoms with E-state index in [0.717, 1.165) is 11.2 Å². The van der Waals surface area contributed by atoms with Crippen LogP contribution in [-0.2, 0) is 0 Å². The van der Waals surface area contributed by atoms with Crippen molar-refractivity contribution in [1.29, 1.82) is 0 Å². The van der Waals surface area contributed by atoms with Gasteiger partial charge in [-0.25, -0.2) is 0 Å². The van der Waals surface area contributed by atoms with Crippen LogP contribution in [0.15, 0.2) is 0 Å². The topological polar surface area (TPSA) is 12.0 Å². The van der Waals surface area contributed by atoms with Crippen LogP contribution in [0.2, 0.25) is 0 Å². The van der Waals surface area contributed by atoms with E-state index in [9.17, 15) is 0 Å². The summed E-state index contributed by atoms with van der Waals surface area (Å²) in [5.41, 5.74) is 0. The molecule has 0 bridgehead atoms. The average molecular weight is 189 g/mol. The van der Waals surface area contributed by atoms with Gasteiger partial charge in [0.25, 0.3) is 0 Å². The quantitative estimate of drug-likeness (QED) is 0.689. The lowest BCUT2D eigenvalue weighted by Crippen LogP contribution is -2.29. The Morgan fingerprint density at radius 1 is 1.17 bits per heavy atom. The molecule has 0 spiro atoms. The SMILES string of the molecule is CNC(CSC(C)C)CC(C)C. The van der Waals surface area contributed by atoms with Crippen LogP contribution >= 0.6 is 11.8 Å². The van der Waals surface area contributed by atoms with Gasteiger partial charge >= 0.3 is 0 Å². The number of hydrogen-bond donors (Lipinski definition) is 1. The first-order valence-electron chi connectivity index (χ1n) is 4.85. The summed E-state index contributed by atoms with van der Waals surface area (Å²) in [6.07, 6.45) is 1.29. The number of hydrogen-bond acceptors (Lipinski definition) is 2. The van der Waals surface area contributed by atoms with Crippen LogP contribution in [0.25, 0.3) is 0 Å². The van der Waals surface area contributed by atoms with E-state index >= 15 is 0 Å². The first-order valence-corrected chi connectivity index (χ1v) is 5.90. The van der Waals surface area contributed by atoms with Gasteiger partial charge < -0.3 is 5.32 Å². The van der Waals surface area contributed by atoms with Crippen LogP contribution in [-0.4, -0.2) is 24.1 Å². The fourth-order valence-corrected chi connectivity index (χ4v) is 2.07. The van der Waals surface area contributed by atoms with Crippen molar-refractivity contribution in [3.8, 4) is 0 Å². The van der Waals surface area contributed by atoms with Gasteiger partial charge in [0.05, 0.1) is 0 Å². The highest BCUT2D eigenvalue weighted by Gasteiger charge is 2.08. The third kappa shape index (κ3) is 6.99. The Labute approximate surface area is 81.7 Å². The van der Waals surface area contributed by atoms with Gasteiger partial charge in [-0.2, -0.15) is 11.8 Å². The molecule has 12 heavy (non-hydrogen) atoms. The predicted octanol–water partition coefficient (Wildman–Crippen LogP) is 2.76. The van der Waals surface area contributed by atoms with E-state index in [4.69, 9.17) is 0 Å². The molecule has 0 aliphatic heterocycles. The summed E-state index contributed by atoms with van der Waals surface area (Å²) in [6, 6.07) is 0.692. The highest BCUT2D eigenvalue weighted by atomic mass is 32.2. The lowest BCUT2D eigenvalue weighted by Gasteiger charge is -2.18. The van der Waals surface area contributed by atoms with Gasteiger partial charge in [-0.1, -0.05) is 27.7 Å². The summed E-state index contributed by atoms with van der Waals surface area (Å²) >= 11 is 2.04. The molecule has 0 aliphatic rings. The zero-order valence-electron chi connectivity index (χ0n) is 9.05. The Bertz CT molecular complexity index is 102. The van der Waals surface area contributed by atoms with Crippen LogP contribution in [0, 0.1) is 5.92 Å². The van der Waals surface area contributed by atoms with Crippen LogP contribution in [0.3, 0.4) is 0 Å². The molecule has 74 valence electrons. The summed E-state index contributed by atoms with van der Waals surface area (Å²) in [5, 5.41) is 4.13. The van der Waals surface area contributed by atoms with Gasteiger partial charge in [-0.05, 0) is 24.6 Å². The fourth-order valence-electron chi connectivity index (χ4n) is 1.15. The Morgan fingerprint density at radius 2 is 1.75 bits per heavy atom. The number of nitrogens with one attached hydrogen (secondary N) is 1. The number of thioether (sulfide) groups is 1. The maximum atomic E-state index is 3.37. The molecule has 0 aromatic rings. The van der Waals surface area contributed by atoms with Crippen molar-refractivity contribution in [2.75, 3.05) is 12.8 Å². The molecule has 0 rings (SSSR count). The molecule has 0 saturated carbocycles. The Hall–Kier alpha value is 0.310.